The van der Waals surface area contributed by atoms with E-state index in [9.17, 15) is 19.5 Å². The Balaban J connectivity index is 4.34. The molecule has 0 aliphatic heterocycles. The van der Waals surface area contributed by atoms with E-state index in [4.69, 9.17) is 18.9 Å². The summed E-state index contributed by atoms with van der Waals surface area (Å²) in [5, 5.41) is 9.71. The first-order valence-electron chi connectivity index (χ1n) is 30.7. The highest BCUT2D eigenvalue weighted by Crippen LogP contribution is 2.16. The minimum atomic E-state index is -1.53. The monoisotopic (exact) mass is 1070 g/mol. The van der Waals surface area contributed by atoms with Crippen molar-refractivity contribution in [3.8, 4) is 0 Å². The third-order valence-corrected chi connectivity index (χ3v) is 12.7. The second-order valence-electron chi connectivity index (χ2n) is 21.3. The summed E-state index contributed by atoms with van der Waals surface area (Å²) >= 11 is 0. The van der Waals surface area contributed by atoms with Crippen LogP contribution in [0.15, 0.2) is 122 Å². The number of nitrogens with zero attached hydrogens (tertiary/aromatic N) is 1. The summed E-state index contributed by atoms with van der Waals surface area (Å²) in [6.45, 7) is 4.72. The van der Waals surface area contributed by atoms with Gasteiger partial charge in [0.05, 0.1) is 34.4 Å². The van der Waals surface area contributed by atoms with Crippen LogP contribution < -0.4 is 0 Å². The average molecular weight is 1070 g/mol. The van der Waals surface area contributed by atoms with E-state index in [0.717, 1.165) is 96.3 Å². The van der Waals surface area contributed by atoms with Crippen molar-refractivity contribution < 1.29 is 42.9 Å². The zero-order chi connectivity index (χ0) is 56.2. The Bertz CT molecular complexity index is 1670. The molecule has 0 spiro atoms. The quantitative estimate of drug-likeness (QED) is 0.0211. The summed E-state index contributed by atoms with van der Waals surface area (Å²) < 4.78 is 22.8. The number of aliphatic carboxylic acids is 1. The first-order valence-corrected chi connectivity index (χ1v) is 30.7. The number of allylic oxidation sites excluding steroid dienone is 20. The Morgan fingerprint density at radius 3 is 1.10 bits per heavy atom. The molecule has 0 heterocycles. The molecule has 9 nitrogen and oxygen atoms in total. The van der Waals surface area contributed by atoms with Crippen molar-refractivity contribution >= 4 is 17.9 Å². The largest absolute Gasteiger partial charge is 0.477 e. The predicted octanol–water partition coefficient (Wildman–Crippen LogP) is 18.5. The molecule has 0 aliphatic rings. The van der Waals surface area contributed by atoms with Crippen molar-refractivity contribution in [1.29, 1.82) is 0 Å². The van der Waals surface area contributed by atoms with Crippen molar-refractivity contribution in [1.82, 2.24) is 0 Å². The lowest BCUT2D eigenvalue weighted by atomic mass is 10.0. The topological polar surface area (TPSA) is 108 Å². The van der Waals surface area contributed by atoms with Crippen molar-refractivity contribution in [3.63, 3.8) is 0 Å². The molecular formula is C68H114NO8+. The number of carboxylic acid groups (broad SMARTS) is 1. The van der Waals surface area contributed by atoms with Gasteiger partial charge in [-0.1, -0.05) is 251 Å². The van der Waals surface area contributed by atoms with Crippen LogP contribution in [0.25, 0.3) is 0 Å². The summed E-state index contributed by atoms with van der Waals surface area (Å²) in [4.78, 5) is 37.4. The normalized spacial score (nSPS) is 13.6. The molecule has 77 heavy (non-hydrogen) atoms. The molecule has 0 rings (SSSR count). The number of ether oxygens (including phenoxy) is 4. The summed E-state index contributed by atoms with van der Waals surface area (Å²) in [6.07, 6.45) is 78.6. The van der Waals surface area contributed by atoms with Gasteiger partial charge in [0.25, 0.3) is 6.29 Å². The Kier molecular flexibility index (Phi) is 54.6. The number of carbonyl (C=O) groups is 3. The van der Waals surface area contributed by atoms with Crippen LogP contribution in [0.4, 0.5) is 0 Å². The summed E-state index contributed by atoms with van der Waals surface area (Å²) in [5.74, 6) is -2.07. The van der Waals surface area contributed by atoms with Gasteiger partial charge in [-0.3, -0.25) is 9.59 Å². The van der Waals surface area contributed by atoms with Gasteiger partial charge in [-0.15, -0.1) is 0 Å². The van der Waals surface area contributed by atoms with Gasteiger partial charge in [0, 0.05) is 12.8 Å². The third kappa shape index (κ3) is 59.2. The SMILES string of the molecule is CC/C=C\C/C=C\C/C=C\C/C=C\C/C=C\C/C=C\C/C=C\C/C=C\C/C=C\C/C=C\CCCCC(=O)OC(COC(=O)CCCCCCCCCCCCCCCCCCCCC)COC(OCC[N+](C)(C)C)C(=O)O. The maximum atomic E-state index is 12.9. The van der Waals surface area contributed by atoms with Gasteiger partial charge in [0.2, 0.25) is 0 Å². The van der Waals surface area contributed by atoms with Crippen molar-refractivity contribution in [2.45, 2.75) is 245 Å². The molecule has 0 aliphatic carbocycles. The second-order valence-corrected chi connectivity index (χ2v) is 21.3. The molecule has 0 aromatic rings. The minimum Gasteiger partial charge on any atom is -0.477 e. The zero-order valence-corrected chi connectivity index (χ0v) is 49.8. The van der Waals surface area contributed by atoms with Crippen LogP contribution in [0, 0.1) is 0 Å². The van der Waals surface area contributed by atoms with E-state index in [1.54, 1.807) is 0 Å². The van der Waals surface area contributed by atoms with E-state index in [1.165, 1.54) is 103 Å². The summed E-state index contributed by atoms with van der Waals surface area (Å²) in [7, 11) is 5.95. The lowest BCUT2D eigenvalue weighted by Gasteiger charge is -2.25. The molecule has 0 aromatic carbocycles. The van der Waals surface area contributed by atoms with Crippen molar-refractivity contribution in [2.24, 2.45) is 0 Å². The van der Waals surface area contributed by atoms with E-state index < -0.39 is 24.3 Å². The number of hydrogen-bond acceptors (Lipinski definition) is 7. The van der Waals surface area contributed by atoms with Crippen LogP contribution in [0.3, 0.4) is 0 Å². The van der Waals surface area contributed by atoms with E-state index in [2.05, 4.69) is 135 Å². The maximum absolute atomic E-state index is 12.9. The van der Waals surface area contributed by atoms with Gasteiger partial charge < -0.3 is 28.5 Å². The van der Waals surface area contributed by atoms with E-state index in [0.29, 0.717) is 17.4 Å². The van der Waals surface area contributed by atoms with Crippen LogP contribution in [0.2, 0.25) is 0 Å². The van der Waals surface area contributed by atoms with Gasteiger partial charge in [-0.2, -0.15) is 0 Å². The third-order valence-electron chi connectivity index (χ3n) is 12.7. The van der Waals surface area contributed by atoms with E-state index in [-0.39, 0.29) is 38.6 Å². The number of quaternary nitrogens is 1. The van der Waals surface area contributed by atoms with Crippen LogP contribution >= 0.6 is 0 Å². The molecule has 0 aromatic heterocycles. The number of hydrogen-bond donors (Lipinski definition) is 1. The lowest BCUT2D eigenvalue weighted by molar-refractivity contribution is -0.870. The standard InChI is InChI=1S/C68H113NO8/c1-6-8-10-12-14-16-18-20-22-24-26-27-28-29-30-31-32-33-34-35-36-37-38-39-41-43-45-47-49-51-53-55-57-59-66(71)77-64(63-76-68(67(72)73)74-61-60-69(3,4)5)62-75-65(70)58-56-54-52-50-48-46-44-42-40-25-23-21-19-17-15-13-11-9-7-2/h8,10,14,16,20,22,26-27,29-30,32-33,35-36,38-39,43,45,49,51,64,68H,6-7,9,11-13,15,17-19,21,23-25,28,31,34,37,40-42,44,46-48,50,52-63H2,1-5H3/p+1/b10-8-,16-14-,22-20-,27-26-,30-29-,33-32-,36-35-,39-38-,45-43-,51-49-. The Morgan fingerprint density at radius 2 is 0.740 bits per heavy atom. The van der Waals surface area contributed by atoms with Crippen molar-refractivity contribution in [2.75, 3.05) is 47.5 Å². The van der Waals surface area contributed by atoms with Crippen LogP contribution in [-0.4, -0.2) is 87.4 Å². The molecule has 438 valence electrons. The van der Waals surface area contributed by atoms with Gasteiger partial charge >= 0.3 is 17.9 Å². The Hall–Kier alpha value is -4.31. The molecule has 0 saturated carbocycles. The second kappa shape index (κ2) is 57.9. The van der Waals surface area contributed by atoms with Gasteiger partial charge in [-0.05, 0) is 89.9 Å². The first kappa shape index (κ1) is 72.7. The molecule has 0 fully saturated rings. The Labute approximate surface area is 472 Å². The number of carbonyl (C=O) groups excluding carboxylic acids is 2. The fourth-order valence-electron chi connectivity index (χ4n) is 8.04. The highest BCUT2D eigenvalue weighted by molar-refractivity contribution is 5.71. The number of carboxylic acids is 1. The molecule has 0 saturated heterocycles. The highest BCUT2D eigenvalue weighted by atomic mass is 16.7. The summed E-state index contributed by atoms with van der Waals surface area (Å²) in [5.41, 5.74) is 0. The molecule has 1 N–H and O–H groups in total. The Morgan fingerprint density at radius 1 is 0.403 bits per heavy atom. The van der Waals surface area contributed by atoms with E-state index in [1.807, 2.05) is 21.1 Å². The highest BCUT2D eigenvalue weighted by Gasteiger charge is 2.25. The first-order chi connectivity index (χ1) is 37.6. The fourth-order valence-corrected chi connectivity index (χ4v) is 8.04. The van der Waals surface area contributed by atoms with Gasteiger partial charge in [-0.25, -0.2) is 4.79 Å². The number of rotatable bonds is 55. The maximum Gasteiger partial charge on any atom is 0.361 e. The van der Waals surface area contributed by atoms with Gasteiger partial charge in [0.15, 0.2) is 6.10 Å². The molecule has 2 atom stereocenters. The van der Waals surface area contributed by atoms with Crippen molar-refractivity contribution in [3.05, 3.63) is 122 Å². The zero-order valence-electron chi connectivity index (χ0n) is 49.8. The number of likely N-dealkylation sites (N-methyl/N-ethyl adjacent to an activating group) is 1. The molecule has 0 amide bonds. The number of unbranched alkanes of at least 4 members (excludes halogenated alkanes) is 20. The molecular weight excluding hydrogens is 959 g/mol. The van der Waals surface area contributed by atoms with Crippen LogP contribution in [-0.2, 0) is 33.3 Å². The smallest absolute Gasteiger partial charge is 0.361 e. The van der Waals surface area contributed by atoms with Crippen LogP contribution in [0.1, 0.15) is 232 Å². The van der Waals surface area contributed by atoms with Crippen LogP contribution in [0.5, 0.6) is 0 Å². The van der Waals surface area contributed by atoms with E-state index >= 15 is 0 Å². The summed E-state index contributed by atoms with van der Waals surface area (Å²) in [6, 6.07) is 0. The molecule has 9 heteroatoms. The fraction of sp³-hybridized carbons (Fsp3) is 0.662. The molecule has 2 unspecified atom stereocenters. The lowest BCUT2D eigenvalue weighted by Crippen LogP contribution is -2.40. The average Bonchev–Trinajstić information content (AvgIpc) is 3.40. The molecule has 0 radical (unpaired) electrons. The predicted molar refractivity (Wildman–Crippen MR) is 327 cm³/mol. The number of esters is 2. The molecule has 0 bridgehead atoms. The minimum absolute atomic E-state index is 0.174. The van der Waals surface area contributed by atoms with Gasteiger partial charge in [0.1, 0.15) is 13.2 Å².